The summed E-state index contributed by atoms with van der Waals surface area (Å²) in [5.41, 5.74) is 0.702. The summed E-state index contributed by atoms with van der Waals surface area (Å²) in [6.45, 7) is 0. The van der Waals surface area contributed by atoms with E-state index in [1.54, 1.807) is 18.2 Å². The highest BCUT2D eigenvalue weighted by Crippen LogP contribution is 2.40. The average molecular weight is 245 g/mol. The van der Waals surface area contributed by atoms with Crippen LogP contribution >= 0.6 is 23.2 Å². The molecule has 1 fully saturated rings. The zero-order chi connectivity index (χ0) is 10.8. The molecule has 1 aliphatic rings. The molecule has 15 heavy (non-hydrogen) atoms. The van der Waals surface area contributed by atoms with Crippen molar-refractivity contribution in [2.24, 2.45) is 5.92 Å². The van der Waals surface area contributed by atoms with Gasteiger partial charge in [-0.25, -0.2) is 0 Å². The molecule has 0 radical (unpaired) electrons. The fourth-order valence-electron chi connectivity index (χ4n) is 2.30. The molecule has 1 unspecified atom stereocenters. The van der Waals surface area contributed by atoms with Crippen molar-refractivity contribution in [2.45, 2.75) is 31.8 Å². The number of hydrogen-bond acceptors (Lipinski definition) is 1. The Bertz CT molecular complexity index is 325. The second-order valence-electron chi connectivity index (χ2n) is 4.12. The molecule has 1 atom stereocenters. The highest BCUT2D eigenvalue weighted by molar-refractivity contribution is 6.36. The summed E-state index contributed by atoms with van der Waals surface area (Å²) in [6.07, 6.45) is 4.03. The first kappa shape index (κ1) is 11.3. The van der Waals surface area contributed by atoms with E-state index >= 15 is 0 Å². The van der Waals surface area contributed by atoms with Gasteiger partial charge in [0, 0.05) is 15.6 Å². The van der Waals surface area contributed by atoms with Gasteiger partial charge in [-0.2, -0.15) is 0 Å². The lowest BCUT2D eigenvalue weighted by Gasteiger charge is -2.20. The van der Waals surface area contributed by atoms with Gasteiger partial charge in [0.15, 0.2) is 0 Å². The van der Waals surface area contributed by atoms with Gasteiger partial charge in [-0.05, 0) is 30.9 Å². The third kappa shape index (κ3) is 2.30. The molecule has 1 nitrogen and oxygen atoms in total. The van der Waals surface area contributed by atoms with E-state index in [-0.39, 0.29) is 0 Å². The predicted molar refractivity (Wildman–Crippen MR) is 63.4 cm³/mol. The summed E-state index contributed by atoms with van der Waals surface area (Å²) in [5, 5.41) is 11.4. The van der Waals surface area contributed by atoms with E-state index in [4.69, 9.17) is 23.2 Å². The molecule has 0 spiro atoms. The fourth-order valence-corrected chi connectivity index (χ4v) is 2.92. The smallest absolute Gasteiger partial charge is 0.0847 e. The zero-order valence-electron chi connectivity index (χ0n) is 8.42. The van der Waals surface area contributed by atoms with Crippen molar-refractivity contribution in [1.29, 1.82) is 0 Å². The lowest BCUT2D eigenvalue weighted by Crippen LogP contribution is -2.10. The van der Waals surface area contributed by atoms with E-state index < -0.39 is 6.10 Å². The van der Waals surface area contributed by atoms with Crippen LogP contribution in [0.3, 0.4) is 0 Å². The van der Waals surface area contributed by atoms with Crippen molar-refractivity contribution in [2.75, 3.05) is 0 Å². The third-order valence-electron chi connectivity index (χ3n) is 3.14. The monoisotopic (exact) mass is 244 g/mol. The summed E-state index contributed by atoms with van der Waals surface area (Å²) < 4.78 is 0. The average Bonchev–Trinajstić information content (AvgIpc) is 2.69. The number of rotatable bonds is 2. The highest BCUT2D eigenvalue weighted by Gasteiger charge is 2.27. The quantitative estimate of drug-likeness (QED) is 0.827. The lowest BCUT2D eigenvalue weighted by atomic mass is 9.94. The van der Waals surface area contributed by atoms with Gasteiger partial charge >= 0.3 is 0 Å². The normalized spacial score (nSPS) is 19.4. The standard InChI is InChI=1S/C12H14Cl2O/c13-9-6-3-7-10(14)11(9)12(15)8-4-1-2-5-8/h3,6-8,12,15H,1-2,4-5H2. The summed E-state index contributed by atoms with van der Waals surface area (Å²) in [5.74, 6) is 0.322. The van der Waals surface area contributed by atoms with Gasteiger partial charge in [0.25, 0.3) is 0 Å². The molecule has 1 aliphatic carbocycles. The van der Waals surface area contributed by atoms with Crippen LogP contribution in [0.25, 0.3) is 0 Å². The van der Waals surface area contributed by atoms with Crippen molar-refractivity contribution < 1.29 is 5.11 Å². The summed E-state index contributed by atoms with van der Waals surface area (Å²) >= 11 is 12.1. The van der Waals surface area contributed by atoms with Crippen LogP contribution in [-0.4, -0.2) is 5.11 Å². The first-order valence-corrected chi connectivity index (χ1v) is 6.07. The molecular weight excluding hydrogens is 231 g/mol. The molecule has 0 aromatic heterocycles. The van der Waals surface area contributed by atoms with Crippen molar-refractivity contribution >= 4 is 23.2 Å². The van der Waals surface area contributed by atoms with Crippen LogP contribution < -0.4 is 0 Å². The van der Waals surface area contributed by atoms with E-state index in [1.165, 1.54) is 12.8 Å². The Morgan fingerprint density at radius 1 is 1.13 bits per heavy atom. The maximum Gasteiger partial charge on any atom is 0.0847 e. The van der Waals surface area contributed by atoms with Gasteiger partial charge in [-0.1, -0.05) is 42.1 Å². The highest BCUT2D eigenvalue weighted by atomic mass is 35.5. The van der Waals surface area contributed by atoms with E-state index in [2.05, 4.69) is 0 Å². The van der Waals surface area contributed by atoms with Gasteiger partial charge in [0.2, 0.25) is 0 Å². The van der Waals surface area contributed by atoms with Crippen LogP contribution in [0.4, 0.5) is 0 Å². The molecule has 2 rings (SSSR count). The van der Waals surface area contributed by atoms with E-state index in [9.17, 15) is 5.11 Å². The van der Waals surface area contributed by atoms with Crippen molar-refractivity contribution in [1.82, 2.24) is 0 Å². The predicted octanol–water partition coefficient (Wildman–Crippen LogP) is 4.22. The molecule has 1 aromatic rings. The zero-order valence-corrected chi connectivity index (χ0v) is 9.93. The van der Waals surface area contributed by atoms with Crippen LogP contribution in [0.15, 0.2) is 18.2 Å². The van der Waals surface area contributed by atoms with Gasteiger partial charge in [0.1, 0.15) is 0 Å². The largest absolute Gasteiger partial charge is 0.388 e. The minimum absolute atomic E-state index is 0.322. The fraction of sp³-hybridized carbons (Fsp3) is 0.500. The molecule has 0 amide bonds. The Labute approximate surface area is 100 Å². The minimum atomic E-state index is -0.506. The molecule has 0 heterocycles. The van der Waals surface area contributed by atoms with Crippen LogP contribution in [0, 0.1) is 5.92 Å². The van der Waals surface area contributed by atoms with Crippen LogP contribution in [0.5, 0.6) is 0 Å². The molecule has 1 N–H and O–H groups in total. The van der Waals surface area contributed by atoms with Gasteiger partial charge in [-0.15, -0.1) is 0 Å². The minimum Gasteiger partial charge on any atom is -0.388 e. The number of hydrogen-bond donors (Lipinski definition) is 1. The van der Waals surface area contributed by atoms with Crippen LogP contribution in [0.2, 0.25) is 10.0 Å². The molecule has 82 valence electrons. The van der Waals surface area contributed by atoms with Crippen LogP contribution in [0.1, 0.15) is 37.4 Å². The number of aliphatic hydroxyl groups excluding tert-OH is 1. The molecule has 3 heteroatoms. The summed E-state index contributed by atoms with van der Waals surface area (Å²) in [4.78, 5) is 0. The SMILES string of the molecule is OC(c1c(Cl)cccc1Cl)C1CCCC1. The lowest BCUT2D eigenvalue weighted by molar-refractivity contribution is 0.112. The molecular formula is C12H14Cl2O. The van der Waals surface area contributed by atoms with Gasteiger partial charge in [0.05, 0.1) is 6.10 Å². The van der Waals surface area contributed by atoms with E-state index in [1.807, 2.05) is 0 Å². The summed E-state index contributed by atoms with van der Waals surface area (Å²) in [7, 11) is 0. The number of aliphatic hydroxyl groups is 1. The Hall–Kier alpha value is -0.240. The molecule has 0 saturated heterocycles. The number of benzene rings is 1. The first-order chi connectivity index (χ1) is 7.20. The third-order valence-corrected chi connectivity index (χ3v) is 3.80. The van der Waals surface area contributed by atoms with Crippen molar-refractivity contribution in [3.05, 3.63) is 33.8 Å². The van der Waals surface area contributed by atoms with Crippen molar-refractivity contribution in [3.63, 3.8) is 0 Å². The Kier molecular flexibility index (Phi) is 3.55. The number of halogens is 2. The maximum absolute atomic E-state index is 10.2. The van der Waals surface area contributed by atoms with E-state index in [0.717, 1.165) is 12.8 Å². The Morgan fingerprint density at radius 3 is 2.20 bits per heavy atom. The molecule has 1 saturated carbocycles. The first-order valence-electron chi connectivity index (χ1n) is 5.32. The van der Waals surface area contributed by atoms with Crippen molar-refractivity contribution in [3.8, 4) is 0 Å². The van der Waals surface area contributed by atoms with Crippen LogP contribution in [-0.2, 0) is 0 Å². The summed E-state index contributed by atoms with van der Waals surface area (Å²) in [6, 6.07) is 5.36. The Balaban J connectivity index is 2.27. The second-order valence-corrected chi connectivity index (χ2v) is 4.94. The second kappa shape index (κ2) is 4.73. The molecule has 0 aliphatic heterocycles. The van der Waals surface area contributed by atoms with Gasteiger partial charge in [-0.3, -0.25) is 0 Å². The van der Waals surface area contributed by atoms with Gasteiger partial charge < -0.3 is 5.11 Å². The Morgan fingerprint density at radius 2 is 1.67 bits per heavy atom. The topological polar surface area (TPSA) is 20.2 Å². The molecule has 0 bridgehead atoms. The van der Waals surface area contributed by atoms with E-state index in [0.29, 0.717) is 21.5 Å². The molecule has 1 aromatic carbocycles. The maximum atomic E-state index is 10.2.